The Morgan fingerprint density at radius 3 is 2.32 bits per heavy atom. The zero-order valence-corrected chi connectivity index (χ0v) is 18.3. The van der Waals surface area contributed by atoms with Crippen molar-refractivity contribution in [1.29, 1.82) is 0 Å². The van der Waals surface area contributed by atoms with Gasteiger partial charge >= 0.3 is 5.97 Å². The number of ether oxygens (including phenoxy) is 2. The number of Topliss-reactive ketones (excluding diaryl/α,β-unsaturated/α-hetero) is 1. The predicted molar refractivity (Wildman–Crippen MR) is 105 cm³/mol. The Labute approximate surface area is 171 Å². The van der Waals surface area contributed by atoms with Gasteiger partial charge < -0.3 is 9.47 Å². The number of ketones is 1. The van der Waals surface area contributed by atoms with Crippen LogP contribution in [0.4, 0.5) is 0 Å². The van der Waals surface area contributed by atoms with Crippen LogP contribution in [0.2, 0.25) is 5.02 Å². The zero-order valence-electron chi connectivity index (χ0n) is 16.7. The number of hydrogen-bond acceptors (Lipinski definition) is 6. The molecule has 1 saturated heterocycles. The summed E-state index contributed by atoms with van der Waals surface area (Å²) in [5.74, 6) is -1.02. The van der Waals surface area contributed by atoms with Gasteiger partial charge in [0, 0.05) is 18.5 Å². The van der Waals surface area contributed by atoms with Crippen molar-refractivity contribution >= 4 is 33.4 Å². The molecule has 0 radical (unpaired) electrons. The molecule has 1 heterocycles. The van der Waals surface area contributed by atoms with Gasteiger partial charge in [-0.3, -0.25) is 4.79 Å². The SMILES string of the molecule is CC1CN(S(=O)(=O)c2cc(C(=O)OCC(=O)C(C)(C)C)ccc2Cl)CC(C)O1. The van der Waals surface area contributed by atoms with Crippen molar-refractivity contribution < 1.29 is 27.5 Å². The van der Waals surface area contributed by atoms with Gasteiger partial charge in [0.25, 0.3) is 0 Å². The minimum Gasteiger partial charge on any atom is -0.454 e. The number of morpholine rings is 1. The molecular weight excluding hydrogens is 406 g/mol. The summed E-state index contributed by atoms with van der Waals surface area (Å²) in [6, 6.07) is 3.89. The van der Waals surface area contributed by atoms with E-state index in [0.29, 0.717) is 0 Å². The molecule has 7 nitrogen and oxygen atoms in total. The molecule has 1 aliphatic rings. The molecule has 156 valence electrons. The highest BCUT2D eigenvalue weighted by Crippen LogP contribution is 2.28. The van der Waals surface area contributed by atoms with Crippen LogP contribution in [0, 0.1) is 5.41 Å². The van der Waals surface area contributed by atoms with Crippen molar-refractivity contribution in [2.45, 2.75) is 51.7 Å². The van der Waals surface area contributed by atoms with Crippen LogP contribution >= 0.6 is 11.6 Å². The quantitative estimate of drug-likeness (QED) is 0.666. The van der Waals surface area contributed by atoms with Crippen molar-refractivity contribution in [3.05, 3.63) is 28.8 Å². The molecule has 2 rings (SSSR count). The molecule has 0 aromatic heterocycles. The molecule has 1 fully saturated rings. The van der Waals surface area contributed by atoms with Gasteiger partial charge in [0.05, 0.1) is 22.8 Å². The maximum atomic E-state index is 13.1. The molecule has 0 saturated carbocycles. The maximum Gasteiger partial charge on any atom is 0.338 e. The fourth-order valence-corrected chi connectivity index (χ4v) is 4.82. The van der Waals surface area contributed by atoms with E-state index >= 15 is 0 Å². The molecule has 0 N–H and O–H groups in total. The van der Waals surface area contributed by atoms with Crippen LogP contribution in [-0.4, -0.2) is 56.4 Å². The maximum absolute atomic E-state index is 13.1. The molecule has 9 heteroatoms. The second kappa shape index (κ2) is 8.49. The van der Waals surface area contributed by atoms with Gasteiger partial charge in [-0.1, -0.05) is 32.4 Å². The average molecular weight is 432 g/mol. The molecule has 0 amide bonds. The smallest absolute Gasteiger partial charge is 0.338 e. The lowest BCUT2D eigenvalue weighted by Gasteiger charge is -2.34. The molecule has 2 unspecified atom stereocenters. The summed E-state index contributed by atoms with van der Waals surface area (Å²) in [4.78, 5) is 24.1. The molecule has 28 heavy (non-hydrogen) atoms. The van der Waals surface area contributed by atoms with E-state index in [1.807, 2.05) is 0 Å². The van der Waals surface area contributed by atoms with Crippen LogP contribution in [0.5, 0.6) is 0 Å². The average Bonchev–Trinajstić information content (AvgIpc) is 2.57. The Kier molecular flexibility index (Phi) is 6.91. The van der Waals surface area contributed by atoms with Gasteiger partial charge in [-0.25, -0.2) is 13.2 Å². The predicted octanol–water partition coefficient (Wildman–Crippen LogP) is 2.91. The van der Waals surface area contributed by atoms with E-state index in [9.17, 15) is 18.0 Å². The third-order valence-electron chi connectivity index (χ3n) is 4.34. The molecular formula is C19H26ClNO6S. The minimum atomic E-state index is -3.92. The summed E-state index contributed by atoms with van der Waals surface area (Å²) in [6.45, 7) is 8.75. The van der Waals surface area contributed by atoms with Crippen LogP contribution in [0.1, 0.15) is 45.0 Å². The fraction of sp³-hybridized carbons (Fsp3) is 0.579. The molecule has 0 spiro atoms. The summed E-state index contributed by atoms with van der Waals surface area (Å²) < 4.78 is 38.0. The Bertz CT molecular complexity index is 852. The van der Waals surface area contributed by atoms with E-state index < -0.39 is 21.4 Å². The summed E-state index contributed by atoms with van der Waals surface area (Å²) >= 11 is 6.12. The number of halogens is 1. The van der Waals surface area contributed by atoms with Crippen molar-refractivity contribution in [2.75, 3.05) is 19.7 Å². The van der Waals surface area contributed by atoms with E-state index in [2.05, 4.69) is 0 Å². The lowest BCUT2D eigenvalue weighted by atomic mass is 9.91. The largest absolute Gasteiger partial charge is 0.454 e. The van der Waals surface area contributed by atoms with Crippen molar-refractivity contribution in [3.8, 4) is 0 Å². The summed E-state index contributed by atoms with van der Waals surface area (Å²) in [5, 5.41) is 0.00844. The Hall–Kier alpha value is -1.48. The standard InChI is InChI=1S/C19H26ClNO6S/c1-12-9-21(10-13(2)27-12)28(24,25)16-8-14(6-7-15(16)20)18(23)26-11-17(22)19(3,4)5/h6-8,12-13H,9-11H2,1-5H3. The Balaban J connectivity index is 2.25. The van der Waals surface area contributed by atoms with Crippen LogP contribution in [0.25, 0.3) is 0 Å². The highest BCUT2D eigenvalue weighted by atomic mass is 35.5. The first-order valence-corrected chi connectivity index (χ1v) is 10.8. The summed E-state index contributed by atoms with van der Waals surface area (Å²) in [6.07, 6.45) is -0.511. The van der Waals surface area contributed by atoms with Crippen LogP contribution in [0.3, 0.4) is 0 Å². The van der Waals surface area contributed by atoms with Gasteiger partial charge in [0.1, 0.15) is 4.90 Å². The van der Waals surface area contributed by atoms with Crippen LogP contribution in [0.15, 0.2) is 23.1 Å². The first kappa shape index (κ1) is 22.8. The Morgan fingerprint density at radius 2 is 1.79 bits per heavy atom. The van der Waals surface area contributed by atoms with E-state index in [-0.39, 0.29) is 53.2 Å². The number of rotatable bonds is 5. The number of sulfonamides is 1. The van der Waals surface area contributed by atoms with Gasteiger partial charge in [-0.2, -0.15) is 4.31 Å². The van der Waals surface area contributed by atoms with Crippen LogP contribution in [-0.2, 0) is 24.3 Å². The number of carbonyl (C=O) groups excluding carboxylic acids is 2. The first-order valence-electron chi connectivity index (χ1n) is 8.98. The fourth-order valence-electron chi connectivity index (χ4n) is 2.72. The highest BCUT2D eigenvalue weighted by Gasteiger charge is 2.34. The van der Waals surface area contributed by atoms with Crippen molar-refractivity contribution in [3.63, 3.8) is 0 Å². The molecule has 0 bridgehead atoms. The molecule has 1 aliphatic heterocycles. The van der Waals surface area contributed by atoms with Gasteiger partial charge in [-0.05, 0) is 32.0 Å². The summed E-state index contributed by atoms with van der Waals surface area (Å²) in [5.41, 5.74) is -0.627. The van der Waals surface area contributed by atoms with E-state index in [4.69, 9.17) is 21.1 Å². The second-order valence-corrected chi connectivity index (χ2v) is 10.3. The third-order valence-corrected chi connectivity index (χ3v) is 6.65. The lowest BCUT2D eigenvalue weighted by molar-refractivity contribution is -0.129. The first-order chi connectivity index (χ1) is 12.8. The topological polar surface area (TPSA) is 90.0 Å². The van der Waals surface area contributed by atoms with Crippen LogP contribution < -0.4 is 0 Å². The van der Waals surface area contributed by atoms with Gasteiger partial charge in [0.15, 0.2) is 12.4 Å². The lowest BCUT2D eigenvalue weighted by Crippen LogP contribution is -2.48. The monoisotopic (exact) mass is 431 g/mol. The van der Waals surface area contributed by atoms with E-state index in [1.165, 1.54) is 22.5 Å². The number of esters is 1. The normalized spacial score (nSPS) is 21.4. The molecule has 0 aliphatic carbocycles. The Morgan fingerprint density at radius 1 is 1.21 bits per heavy atom. The molecule has 1 aromatic rings. The van der Waals surface area contributed by atoms with Crippen molar-refractivity contribution in [1.82, 2.24) is 4.31 Å². The summed E-state index contributed by atoms with van der Waals surface area (Å²) in [7, 11) is -3.92. The molecule has 2 atom stereocenters. The van der Waals surface area contributed by atoms with Gasteiger partial charge in [0.2, 0.25) is 10.0 Å². The number of benzene rings is 1. The van der Waals surface area contributed by atoms with Crippen molar-refractivity contribution in [2.24, 2.45) is 5.41 Å². The number of nitrogens with zero attached hydrogens (tertiary/aromatic N) is 1. The number of hydrogen-bond donors (Lipinski definition) is 0. The zero-order chi connectivity index (χ0) is 21.3. The second-order valence-electron chi connectivity index (χ2n) is 7.97. The highest BCUT2D eigenvalue weighted by molar-refractivity contribution is 7.89. The van der Waals surface area contributed by atoms with Gasteiger partial charge in [-0.15, -0.1) is 0 Å². The minimum absolute atomic E-state index is 0.00844. The third kappa shape index (κ3) is 5.31. The van der Waals surface area contributed by atoms with E-state index in [0.717, 1.165) is 0 Å². The number of carbonyl (C=O) groups is 2. The molecule has 1 aromatic carbocycles. The van der Waals surface area contributed by atoms with E-state index in [1.54, 1.807) is 34.6 Å².